The van der Waals surface area contributed by atoms with Crippen LogP contribution in [0.3, 0.4) is 0 Å². The van der Waals surface area contributed by atoms with Gasteiger partial charge in [0.1, 0.15) is 4.33 Å². The summed E-state index contributed by atoms with van der Waals surface area (Å²) in [6.07, 6.45) is 1.45. The molecule has 0 heterocycles. The number of alkyl halides is 2. The van der Waals surface area contributed by atoms with Gasteiger partial charge in [-0.3, -0.25) is 0 Å². The molecule has 0 aliphatic rings. The van der Waals surface area contributed by atoms with Crippen LogP contribution in [0.2, 0.25) is 11.1 Å². The van der Waals surface area contributed by atoms with Gasteiger partial charge in [-0.25, -0.2) is 0 Å². The monoisotopic (exact) mass is 326 g/mol. The highest BCUT2D eigenvalue weighted by molar-refractivity contribution is 6.93. The summed E-state index contributed by atoms with van der Waals surface area (Å²) in [7, 11) is 0.379. The van der Waals surface area contributed by atoms with Crippen molar-refractivity contribution >= 4 is 54.7 Å². The first kappa shape index (κ1) is 15.7. The van der Waals surface area contributed by atoms with E-state index in [9.17, 15) is 0 Å². The van der Waals surface area contributed by atoms with Crippen molar-refractivity contribution in [2.75, 3.05) is 0 Å². The van der Waals surface area contributed by atoms with E-state index < -0.39 is 4.33 Å². The highest BCUT2D eigenvalue weighted by Crippen LogP contribution is 2.37. The standard InChI is InChI=1S/C12H14Cl4Si/c1-9(8-12(14,15)6-7-17-16)10-2-4-11(13)5-3-10/h2-5,9H,6-8H2,1H3. The molecule has 1 aromatic rings. The molecular formula is C12H14Cl4Si. The van der Waals surface area contributed by atoms with E-state index >= 15 is 0 Å². The fourth-order valence-electron chi connectivity index (χ4n) is 1.69. The topological polar surface area (TPSA) is 0 Å². The maximum atomic E-state index is 6.28. The van der Waals surface area contributed by atoms with E-state index in [-0.39, 0.29) is 0 Å². The highest BCUT2D eigenvalue weighted by Gasteiger charge is 2.26. The minimum absolute atomic E-state index is 0.306. The lowest BCUT2D eigenvalue weighted by atomic mass is 9.95. The molecule has 0 bridgehead atoms. The number of hydrogen-bond acceptors (Lipinski definition) is 0. The van der Waals surface area contributed by atoms with Crippen molar-refractivity contribution < 1.29 is 0 Å². The van der Waals surface area contributed by atoms with Crippen LogP contribution in [-0.2, 0) is 0 Å². The lowest BCUT2D eigenvalue weighted by Gasteiger charge is -2.23. The van der Waals surface area contributed by atoms with Crippen LogP contribution >= 0.6 is 45.9 Å². The molecule has 94 valence electrons. The van der Waals surface area contributed by atoms with Crippen LogP contribution in [0.15, 0.2) is 24.3 Å². The molecule has 17 heavy (non-hydrogen) atoms. The summed E-state index contributed by atoms with van der Waals surface area (Å²) in [5.41, 5.74) is 1.20. The smallest absolute Gasteiger partial charge is 0.171 e. The Labute approximate surface area is 125 Å². The van der Waals surface area contributed by atoms with Gasteiger partial charge in [-0.05, 0) is 42.5 Å². The zero-order valence-electron chi connectivity index (χ0n) is 9.52. The Morgan fingerprint density at radius 2 is 1.82 bits per heavy atom. The molecular weight excluding hydrogens is 314 g/mol. The second-order valence-electron chi connectivity index (χ2n) is 4.15. The van der Waals surface area contributed by atoms with E-state index in [1.807, 2.05) is 24.3 Å². The molecule has 1 unspecified atom stereocenters. The predicted molar refractivity (Wildman–Crippen MR) is 80.0 cm³/mol. The van der Waals surface area contributed by atoms with Crippen molar-refractivity contribution in [1.82, 2.24) is 0 Å². The molecule has 0 fully saturated rings. The average molecular weight is 328 g/mol. The van der Waals surface area contributed by atoms with Gasteiger partial charge in [0, 0.05) is 5.02 Å². The van der Waals surface area contributed by atoms with Gasteiger partial charge in [0.2, 0.25) is 0 Å². The van der Waals surface area contributed by atoms with Crippen LogP contribution in [-0.4, -0.2) is 13.2 Å². The van der Waals surface area contributed by atoms with Crippen LogP contribution in [0.1, 0.15) is 31.2 Å². The van der Waals surface area contributed by atoms with Gasteiger partial charge in [0.15, 0.2) is 8.83 Å². The second-order valence-corrected chi connectivity index (χ2v) is 7.79. The third-order valence-electron chi connectivity index (χ3n) is 2.63. The minimum atomic E-state index is -0.694. The van der Waals surface area contributed by atoms with E-state index in [1.54, 1.807) is 0 Å². The van der Waals surface area contributed by atoms with Gasteiger partial charge in [-0.1, -0.05) is 30.7 Å². The quantitative estimate of drug-likeness (QED) is 0.358. The van der Waals surface area contributed by atoms with E-state index in [2.05, 4.69) is 6.92 Å². The number of hydrogen-bond donors (Lipinski definition) is 0. The van der Waals surface area contributed by atoms with Crippen molar-refractivity contribution in [1.29, 1.82) is 0 Å². The SMILES string of the molecule is CC(CC(Cl)(Cl)CC[Si]Cl)c1ccc(Cl)cc1. The van der Waals surface area contributed by atoms with Crippen molar-refractivity contribution in [3.8, 4) is 0 Å². The molecule has 1 rings (SSSR count). The average Bonchev–Trinajstić information content (AvgIpc) is 2.26. The van der Waals surface area contributed by atoms with Crippen LogP contribution in [0.5, 0.6) is 0 Å². The molecule has 1 aromatic carbocycles. The van der Waals surface area contributed by atoms with E-state index in [0.29, 0.717) is 14.7 Å². The fraction of sp³-hybridized carbons (Fsp3) is 0.500. The maximum absolute atomic E-state index is 6.28. The number of benzene rings is 1. The van der Waals surface area contributed by atoms with Crippen molar-refractivity contribution in [2.45, 2.75) is 36.1 Å². The minimum Gasteiger partial charge on any atom is -0.171 e. The van der Waals surface area contributed by atoms with Crippen molar-refractivity contribution in [3.63, 3.8) is 0 Å². The van der Waals surface area contributed by atoms with E-state index in [4.69, 9.17) is 45.9 Å². The molecule has 2 radical (unpaired) electrons. The molecule has 0 aromatic heterocycles. The predicted octanol–water partition coefficient (Wildman–Crippen LogP) is 5.67. The molecule has 0 amide bonds. The zero-order chi connectivity index (χ0) is 12.9. The Hall–Kier alpha value is 0.597. The Balaban J connectivity index is 2.58. The number of rotatable bonds is 6. The molecule has 0 saturated carbocycles. The molecule has 0 N–H and O–H groups in total. The first-order valence-electron chi connectivity index (χ1n) is 5.41. The summed E-state index contributed by atoms with van der Waals surface area (Å²) in [5, 5.41) is 0.743. The number of halogens is 4. The van der Waals surface area contributed by atoms with Gasteiger partial charge in [-0.2, -0.15) is 11.1 Å². The fourth-order valence-corrected chi connectivity index (χ4v) is 3.59. The molecule has 0 aliphatic carbocycles. The maximum Gasteiger partial charge on any atom is 0.171 e. The lowest BCUT2D eigenvalue weighted by Crippen LogP contribution is -2.16. The van der Waals surface area contributed by atoms with Gasteiger partial charge in [0.05, 0.1) is 0 Å². The molecule has 0 saturated heterocycles. The Morgan fingerprint density at radius 1 is 1.24 bits per heavy atom. The Morgan fingerprint density at radius 3 is 2.35 bits per heavy atom. The highest BCUT2D eigenvalue weighted by atomic mass is 35.6. The Kier molecular flexibility index (Phi) is 6.68. The third-order valence-corrected chi connectivity index (χ3v) is 4.57. The summed E-state index contributed by atoms with van der Waals surface area (Å²) in [6, 6.07) is 8.66. The molecule has 0 spiro atoms. The summed E-state index contributed by atoms with van der Waals surface area (Å²) >= 11 is 24.1. The van der Waals surface area contributed by atoms with Crippen molar-refractivity contribution in [3.05, 3.63) is 34.9 Å². The van der Waals surface area contributed by atoms with Crippen LogP contribution in [0.25, 0.3) is 0 Å². The van der Waals surface area contributed by atoms with Crippen LogP contribution < -0.4 is 0 Å². The normalized spacial score (nSPS) is 13.7. The van der Waals surface area contributed by atoms with Gasteiger partial charge in [0.25, 0.3) is 0 Å². The second kappa shape index (κ2) is 7.25. The lowest BCUT2D eigenvalue weighted by molar-refractivity contribution is 0.591. The first-order valence-corrected chi connectivity index (χ1v) is 8.77. The largest absolute Gasteiger partial charge is 0.171 e. The molecule has 0 nitrogen and oxygen atoms in total. The molecule has 1 atom stereocenters. The molecule has 0 aliphatic heterocycles. The zero-order valence-corrected chi connectivity index (χ0v) is 13.5. The summed E-state index contributed by atoms with van der Waals surface area (Å²) in [4.78, 5) is 0. The summed E-state index contributed by atoms with van der Waals surface area (Å²) in [5.74, 6) is 0.306. The van der Waals surface area contributed by atoms with Crippen molar-refractivity contribution in [2.24, 2.45) is 0 Å². The molecule has 5 heteroatoms. The van der Waals surface area contributed by atoms with Gasteiger partial charge in [-0.15, -0.1) is 23.2 Å². The van der Waals surface area contributed by atoms with Gasteiger partial charge >= 0.3 is 0 Å². The van der Waals surface area contributed by atoms with E-state index in [1.165, 1.54) is 5.56 Å². The Bertz CT molecular complexity index is 337. The van der Waals surface area contributed by atoms with Gasteiger partial charge < -0.3 is 0 Å². The summed E-state index contributed by atoms with van der Waals surface area (Å²) in [6.45, 7) is 2.12. The summed E-state index contributed by atoms with van der Waals surface area (Å²) < 4.78 is -0.694. The van der Waals surface area contributed by atoms with Crippen LogP contribution in [0.4, 0.5) is 0 Å². The van der Waals surface area contributed by atoms with Crippen LogP contribution in [0, 0.1) is 0 Å². The third kappa shape index (κ3) is 5.85. The van der Waals surface area contributed by atoms with E-state index in [0.717, 1.165) is 23.9 Å². The first-order chi connectivity index (χ1) is 7.94.